The lowest BCUT2D eigenvalue weighted by atomic mass is 10.0. The zero-order chi connectivity index (χ0) is 17.6. The summed E-state index contributed by atoms with van der Waals surface area (Å²) in [6, 6.07) is 0.464. The van der Waals surface area contributed by atoms with Crippen molar-refractivity contribution in [3.05, 3.63) is 18.0 Å². The number of carbonyl (C=O) groups is 1. The zero-order valence-electron chi connectivity index (χ0n) is 15.4. The summed E-state index contributed by atoms with van der Waals surface area (Å²) in [5, 5.41) is 0. The van der Waals surface area contributed by atoms with Gasteiger partial charge in [0.25, 0.3) is 0 Å². The molecular formula is C18H28N6O. The number of piperazine rings is 1. The Kier molecular flexibility index (Phi) is 4.37. The van der Waals surface area contributed by atoms with Gasteiger partial charge in [0, 0.05) is 57.7 Å². The van der Waals surface area contributed by atoms with Crippen LogP contribution in [0.25, 0.3) is 0 Å². The van der Waals surface area contributed by atoms with Crippen molar-refractivity contribution in [2.45, 2.75) is 25.4 Å². The van der Waals surface area contributed by atoms with Crippen molar-refractivity contribution in [3.8, 4) is 0 Å². The molecule has 0 aromatic carbocycles. The maximum absolute atomic E-state index is 13.0. The molecule has 2 unspecified atom stereocenters. The van der Waals surface area contributed by atoms with Gasteiger partial charge in [-0.05, 0) is 38.9 Å². The van der Waals surface area contributed by atoms with E-state index in [4.69, 9.17) is 0 Å². The molecule has 0 saturated carbocycles. The Morgan fingerprint density at radius 2 is 1.76 bits per heavy atom. The number of amides is 1. The first kappa shape index (κ1) is 16.7. The minimum atomic E-state index is 0.0412. The number of hydrogen-bond donors (Lipinski definition) is 0. The molecule has 3 atom stereocenters. The van der Waals surface area contributed by atoms with Gasteiger partial charge in [-0.3, -0.25) is 9.69 Å². The van der Waals surface area contributed by atoms with Crippen LogP contribution in [-0.2, 0) is 4.79 Å². The first-order valence-corrected chi connectivity index (χ1v) is 9.26. The summed E-state index contributed by atoms with van der Waals surface area (Å²) in [4.78, 5) is 30.8. The lowest BCUT2D eigenvalue weighted by Crippen LogP contribution is -2.53. The average Bonchev–Trinajstić information content (AvgIpc) is 3.15. The molecular weight excluding hydrogens is 316 g/mol. The summed E-state index contributed by atoms with van der Waals surface area (Å²) in [5.74, 6) is 1.66. The van der Waals surface area contributed by atoms with Gasteiger partial charge in [0.15, 0.2) is 0 Å². The molecule has 0 spiro atoms. The summed E-state index contributed by atoms with van der Waals surface area (Å²) in [6.45, 7) is 7.55. The summed E-state index contributed by atoms with van der Waals surface area (Å²) in [5.41, 5.74) is 1.08. The maximum atomic E-state index is 13.0. The monoisotopic (exact) mass is 344 g/mol. The van der Waals surface area contributed by atoms with Gasteiger partial charge in [0.05, 0.1) is 6.04 Å². The summed E-state index contributed by atoms with van der Waals surface area (Å²) in [7, 11) is 4.23. The molecule has 1 aromatic heterocycles. The Morgan fingerprint density at radius 1 is 1.08 bits per heavy atom. The first-order chi connectivity index (χ1) is 12.0. The molecule has 0 radical (unpaired) electrons. The van der Waals surface area contributed by atoms with Crippen LogP contribution in [0, 0.1) is 12.8 Å². The lowest BCUT2D eigenvalue weighted by Gasteiger charge is -2.36. The number of likely N-dealkylation sites (tertiary alicyclic amines) is 1. The Bertz CT molecular complexity index is 627. The highest BCUT2D eigenvalue weighted by Crippen LogP contribution is 2.36. The number of rotatable bonds is 2. The van der Waals surface area contributed by atoms with E-state index in [1.54, 1.807) is 0 Å². The number of hydrogen-bond acceptors (Lipinski definition) is 6. The van der Waals surface area contributed by atoms with E-state index >= 15 is 0 Å². The van der Waals surface area contributed by atoms with Gasteiger partial charge in [-0.25, -0.2) is 9.97 Å². The fraction of sp³-hybridized carbons (Fsp3) is 0.722. The van der Waals surface area contributed by atoms with Crippen LogP contribution in [0.5, 0.6) is 0 Å². The highest BCUT2D eigenvalue weighted by molar-refractivity contribution is 5.82. The molecule has 3 aliphatic rings. The summed E-state index contributed by atoms with van der Waals surface area (Å²) in [6.07, 6.45) is 4.70. The van der Waals surface area contributed by atoms with Gasteiger partial charge in [0.2, 0.25) is 11.9 Å². The minimum Gasteiger partial charge on any atom is -0.339 e. The first-order valence-electron chi connectivity index (χ1n) is 9.26. The smallest absolute Gasteiger partial charge is 0.240 e. The molecule has 1 aromatic rings. The van der Waals surface area contributed by atoms with Crippen molar-refractivity contribution in [3.63, 3.8) is 0 Å². The van der Waals surface area contributed by atoms with Gasteiger partial charge in [-0.2, -0.15) is 0 Å². The van der Waals surface area contributed by atoms with Crippen LogP contribution >= 0.6 is 0 Å². The van der Waals surface area contributed by atoms with E-state index < -0.39 is 0 Å². The van der Waals surface area contributed by atoms with Gasteiger partial charge < -0.3 is 14.7 Å². The van der Waals surface area contributed by atoms with Gasteiger partial charge in [-0.15, -0.1) is 0 Å². The second-order valence-electron chi connectivity index (χ2n) is 7.84. The third-order valence-corrected chi connectivity index (χ3v) is 6.10. The van der Waals surface area contributed by atoms with E-state index in [9.17, 15) is 4.79 Å². The van der Waals surface area contributed by atoms with Gasteiger partial charge in [-0.1, -0.05) is 0 Å². The molecule has 0 bridgehead atoms. The molecule has 7 heteroatoms. The number of nitrogens with zero attached hydrogens (tertiary/aromatic N) is 6. The highest BCUT2D eigenvalue weighted by atomic mass is 16.2. The van der Waals surface area contributed by atoms with E-state index in [0.29, 0.717) is 17.9 Å². The normalized spacial score (nSPS) is 30.8. The fourth-order valence-corrected chi connectivity index (χ4v) is 4.46. The molecule has 136 valence electrons. The molecule has 3 fully saturated rings. The molecule has 1 amide bonds. The predicted octanol–water partition coefficient (Wildman–Crippen LogP) is 0.0679. The van der Waals surface area contributed by atoms with E-state index in [1.807, 2.05) is 19.3 Å². The Balaban J connectivity index is 1.39. The average molecular weight is 344 g/mol. The molecule has 4 rings (SSSR count). The van der Waals surface area contributed by atoms with E-state index in [0.717, 1.165) is 57.2 Å². The standard InChI is InChI=1S/C18H28N6O/c1-13-9-19-18(20-10-13)24-11-14-8-15(22(3)16(14)12-24)17(25)23-6-4-21(2)5-7-23/h9-10,14-16H,4-8,11-12H2,1-3H3/t14?,15-,16?/m1/s1. The minimum absolute atomic E-state index is 0.0412. The van der Waals surface area contributed by atoms with Crippen molar-refractivity contribution in [1.82, 2.24) is 24.7 Å². The molecule has 3 aliphatic heterocycles. The van der Waals surface area contributed by atoms with E-state index in [1.165, 1.54) is 0 Å². The fourth-order valence-electron chi connectivity index (χ4n) is 4.46. The molecule has 0 aliphatic carbocycles. The lowest BCUT2D eigenvalue weighted by molar-refractivity contribution is -0.137. The predicted molar refractivity (Wildman–Crippen MR) is 96.5 cm³/mol. The SMILES string of the molecule is Cc1cnc(N2CC3C[C@H](C(=O)N4CCN(C)CC4)N(C)C3C2)nc1. The van der Waals surface area contributed by atoms with Crippen LogP contribution in [0.1, 0.15) is 12.0 Å². The zero-order valence-corrected chi connectivity index (χ0v) is 15.4. The van der Waals surface area contributed by atoms with Gasteiger partial charge in [0.1, 0.15) is 0 Å². The highest BCUT2D eigenvalue weighted by Gasteiger charge is 2.48. The largest absolute Gasteiger partial charge is 0.339 e. The summed E-state index contributed by atoms with van der Waals surface area (Å²) < 4.78 is 0. The van der Waals surface area contributed by atoms with Crippen molar-refractivity contribution >= 4 is 11.9 Å². The molecule has 25 heavy (non-hydrogen) atoms. The maximum Gasteiger partial charge on any atom is 0.240 e. The number of fused-ring (bicyclic) bond motifs is 1. The van der Waals surface area contributed by atoms with Crippen molar-refractivity contribution in [2.75, 3.05) is 58.3 Å². The molecule has 3 saturated heterocycles. The number of likely N-dealkylation sites (N-methyl/N-ethyl adjacent to an activating group) is 2. The topological polar surface area (TPSA) is 55.8 Å². The van der Waals surface area contributed by atoms with Crippen LogP contribution in [0.15, 0.2) is 12.4 Å². The number of anilines is 1. The Morgan fingerprint density at radius 3 is 2.40 bits per heavy atom. The van der Waals surface area contributed by atoms with E-state index in [-0.39, 0.29) is 6.04 Å². The van der Waals surface area contributed by atoms with Crippen LogP contribution in [0.4, 0.5) is 5.95 Å². The molecule has 0 N–H and O–H groups in total. The second kappa shape index (κ2) is 6.53. The Hall–Kier alpha value is -1.73. The number of aryl methyl sites for hydroxylation is 1. The second-order valence-corrected chi connectivity index (χ2v) is 7.84. The van der Waals surface area contributed by atoms with Crippen LogP contribution in [0.3, 0.4) is 0 Å². The van der Waals surface area contributed by atoms with Crippen molar-refractivity contribution in [1.29, 1.82) is 0 Å². The summed E-state index contributed by atoms with van der Waals surface area (Å²) >= 11 is 0. The molecule has 7 nitrogen and oxygen atoms in total. The Labute approximate surface area is 149 Å². The van der Waals surface area contributed by atoms with Crippen molar-refractivity contribution in [2.24, 2.45) is 5.92 Å². The van der Waals surface area contributed by atoms with Crippen LogP contribution in [-0.4, -0.2) is 96.0 Å². The number of aromatic nitrogens is 2. The van der Waals surface area contributed by atoms with Crippen LogP contribution in [0.2, 0.25) is 0 Å². The van der Waals surface area contributed by atoms with Crippen LogP contribution < -0.4 is 4.90 Å². The number of carbonyl (C=O) groups excluding carboxylic acids is 1. The van der Waals surface area contributed by atoms with Crippen molar-refractivity contribution < 1.29 is 4.79 Å². The third kappa shape index (κ3) is 3.11. The quantitative estimate of drug-likeness (QED) is 0.757. The molecule has 4 heterocycles. The third-order valence-electron chi connectivity index (χ3n) is 6.10. The van der Waals surface area contributed by atoms with Gasteiger partial charge >= 0.3 is 0 Å². The van der Waals surface area contributed by atoms with E-state index in [2.05, 4.69) is 43.7 Å².